The van der Waals surface area contributed by atoms with Crippen LogP contribution in [0.5, 0.6) is 0 Å². The topological polar surface area (TPSA) is 115 Å². The molecule has 12 heteroatoms. The highest BCUT2D eigenvalue weighted by atomic mass is 19.1. The summed E-state index contributed by atoms with van der Waals surface area (Å²) in [5, 5.41) is 10.8. The zero-order chi connectivity index (χ0) is 29.4. The number of aromatic amines is 2. The van der Waals surface area contributed by atoms with Gasteiger partial charge in [0, 0.05) is 55.0 Å². The van der Waals surface area contributed by atoms with Crippen LogP contribution in [0.25, 0.3) is 55.8 Å². The number of aromatic nitrogens is 7. The largest absolute Gasteiger partial charge is 0.384 e. The summed E-state index contributed by atoms with van der Waals surface area (Å²) >= 11 is 0. The third-order valence-corrected chi connectivity index (χ3v) is 6.83. The van der Waals surface area contributed by atoms with Crippen LogP contribution in [0, 0.1) is 11.6 Å². The number of rotatable bonds is 9. The van der Waals surface area contributed by atoms with E-state index in [9.17, 15) is 4.39 Å². The summed E-state index contributed by atoms with van der Waals surface area (Å²) in [7, 11) is 7.88. The van der Waals surface area contributed by atoms with Gasteiger partial charge in [0.1, 0.15) is 17.2 Å². The first kappa shape index (κ1) is 27.4. The van der Waals surface area contributed by atoms with Gasteiger partial charge in [-0.3, -0.25) is 20.1 Å². The first-order chi connectivity index (χ1) is 20.3. The summed E-state index contributed by atoms with van der Waals surface area (Å²) in [6.07, 6.45) is 8.17. The first-order valence-electron chi connectivity index (χ1n) is 13.4. The van der Waals surface area contributed by atoms with Crippen molar-refractivity contribution in [3.05, 3.63) is 72.4 Å². The molecule has 0 atom stereocenters. The van der Waals surface area contributed by atoms with Crippen molar-refractivity contribution in [1.82, 2.24) is 44.9 Å². The number of hydrogen-bond donors (Lipinski definition) is 3. The zero-order valence-electron chi connectivity index (χ0n) is 23.7. The predicted octanol–water partition coefficient (Wildman–Crippen LogP) is 4.94. The van der Waals surface area contributed by atoms with Crippen LogP contribution in [0.15, 0.2) is 55.2 Å². The number of benzene rings is 1. The number of hydrogen-bond acceptors (Lipinski definition) is 8. The normalized spacial score (nSPS) is 11.8. The maximum atomic E-state index is 16.1. The number of anilines is 1. The summed E-state index contributed by atoms with van der Waals surface area (Å²) in [5.41, 5.74) is 5.50. The minimum absolute atomic E-state index is 0.172. The number of H-pyrrole nitrogens is 2. The van der Waals surface area contributed by atoms with Crippen LogP contribution in [0.1, 0.15) is 5.56 Å². The van der Waals surface area contributed by atoms with Crippen molar-refractivity contribution >= 4 is 27.6 Å². The molecule has 0 aliphatic carbocycles. The monoisotopic (exact) mass is 568 g/mol. The van der Waals surface area contributed by atoms with Crippen molar-refractivity contribution in [3.63, 3.8) is 0 Å². The van der Waals surface area contributed by atoms with Crippen LogP contribution >= 0.6 is 0 Å². The fourth-order valence-corrected chi connectivity index (χ4v) is 4.94. The van der Waals surface area contributed by atoms with E-state index < -0.39 is 5.82 Å². The Bertz CT molecular complexity index is 1890. The second kappa shape index (κ2) is 11.2. The van der Waals surface area contributed by atoms with Gasteiger partial charge in [-0.1, -0.05) is 0 Å². The van der Waals surface area contributed by atoms with Gasteiger partial charge in [-0.05, 0) is 63.6 Å². The Morgan fingerprint density at radius 1 is 0.833 bits per heavy atom. The number of fused-ring (bicyclic) bond motifs is 2. The van der Waals surface area contributed by atoms with E-state index in [2.05, 4.69) is 35.5 Å². The van der Waals surface area contributed by atoms with E-state index in [4.69, 9.17) is 4.98 Å². The quantitative estimate of drug-likeness (QED) is 0.225. The minimum Gasteiger partial charge on any atom is -0.384 e. The van der Waals surface area contributed by atoms with Gasteiger partial charge in [0.15, 0.2) is 11.6 Å². The third kappa shape index (κ3) is 5.41. The van der Waals surface area contributed by atoms with Crippen LogP contribution in [0.4, 0.5) is 14.5 Å². The number of likely N-dealkylation sites (N-methyl/N-ethyl adjacent to an activating group) is 1. The van der Waals surface area contributed by atoms with Gasteiger partial charge in [0.25, 0.3) is 0 Å². The smallest absolute Gasteiger partial charge is 0.161 e. The van der Waals surface area contributed by atoms with Crippen molar-refractivity contribution in [2.75, 3.05) is 46.6 Å². The molecule has 0 amide bonds. The number of pyridine rings is 3. The molecule has 0 fully saturated rings. The number of imidazole rings is 1. The molecule has 0 saturated carbocycles. The van der Waals surface area contributed by atoms with Crippen molar-refractivity contribution in [2.45, 2.75) is 6.54 Å². The molecule has 6 rings (SSSR count). The SMILES string of the molecule is CN(C)CCNc1cc(F)cc(-c2cncc3[nH]c(-c4n[nH]c5cnc(-c6cncc(CN(C)C)c6)c(F)c45)nc23)c1. The van der Waals surface area contributed by atoms with Gasteiger partial charge < -0.3 is 20.1 Å². The standard InChI is InChI=1S/C30H30F2N10/c1-41(2)6-5-35-21-9-18(8-20(31)10-21)22-13-34-14-24-28(22)38-30(37-24)29-25-23(39-40-29)15-36-27(26(25)32)19-7-17(11-33-12-19)16-42(3)4/h7-15,35H,5-6,16H2,1-4H3,(H,37,38)(H,39,40). The van der Waals surface area contributed by atoms with Gasteiger partial charge in [-0.25, -0.2) is 13.8 Å². The molecule has 0 aliphatic rings. The molecule has 1 aromatic carbocycles. The molecule has 3 N–H and O–H groups in total. The molecule has 5 heterocycles. The van der Waals surface area contributed by atoms with Crippen molar-refractivity contribution in [3.8, 4) is 33.9 Å². The van der Waals surface area contributed by atoms with E-state index >= 15 is 4.39 Å². The lowest BCUT2D eigenvalue weighted by atomic mass is 10.1. The average Bonchev–Trinajstić information content (AvgIpc) is 3.57. The Kier molecular flexibility index (Phi) is 7.31. The molecule has 5 aromatic heterocycles. The molecule has 10 nitrogen and oxygen atoms in total. The Morgan fingerprint density at radius 3 is 2.48 bits per heavy atom. The van der Waals surface area contributed by atoms with Crippen molar-refractivity contribution in [1.29, 1.82) is 0 Å². The summed E-state index contributed by atoms with van der Waals surface area (Å²) in [4.78, 5) is 25.1. The fourth-order valence-electron chi connectivity index (χ4n) is 4.94. The fraction of sp³-hybridized carbons (Fsp3) is 0.233. The Balaban J connectivity index is 1.41. The van der Waals surface area contributed by atoms with Crippen LogP contribution in [-0.4, -0.2) is 86.2 Å². The Morgan fingerprint density at radius 2 is 1.67 bits per heavy atom. The van der Waals surface area contributed by atoms with E-state index in [0.717, 1.165) is 12.1 Å². The molecule has 0 aliphatic heterocycles. The lowest BCUT2D eigenvalue weighted by Crippen LogP contribution is -2.20. The van der Waals surface area contributed by atoms with Gasteiger partial charge in [0.05, 0.1) is 34.3 Å². The highest BCUT2D eigenvalue weighted by molar-refractivity contribution is 5.98. The highest BCUT2D eigenvalue weighted by Crippen LogP contribution is 2.35. The van der Waals surface area contributed by atoms with Gasteiger partial charge in [-0.15, -0.1) is 0 Å². The lowest BCUT2D eigenvalue weighted by Gasteiger charge is -2.12. The predicted molar refractivity (Wildman–Crippen MR) is 160 cm³/mol. The minimum atomic E-state index is -0.530. The molecule has 0 saturated heterocycles. The zero-order valence-corrected chi connectivity index (χ0v) is 23.7. The maximum absolute atomic E-state index is 16.1. The van der Waals surface area contributed by atoms with Crippen LogP contribution in [0.3, 0.4) is 0 Å². The molecule has 6 aromatic rings. The Labute approximate surface area is 240 Å². The molecular weight excluding hydrogens is 538 g/mol. The second-order valence-electron chi connectivity index (χ2n) is 10.7. The highest BCUT2D eigenvalue weighted by Gasteiger charge is 2.22. The molecule has 42 heavy (non-hydrogen) atoms. The van der Waals surface area contributed by atoms with Crippen molar-refractivity contribution < 1.29 is 8.78 Å². The van der Waals surface area contributed by atoms with Crippen LogP contribution in [0.2, 0.25) is 0 Å². The summed E-state index contributed by atoms with van der Waals surface area (Å²) < 4.78 is 30.7. The maximum Gasteiger partial charge on any atom is 0.161 e. The van der Waals surface area contributed by atoms with E-state index in [1.807, 2.05) is 50.1 Å². The average molecular weight is 569 g/mol. The second-order valence-corrected chi connectivity index (χ2v) is 10.7. The molecule has 0 radical (unpaired) electrons. The molecule has 214 valence electrons. The Hall–Kier alpha value is -4.81. The van der Waals surface area contributed by atoms with Gasteiger partial charge >= 0.3 is 0 Å². The van der Waals surface area contributed by atoms with E-state index in [1.165, 1.54) is 12.1 Å². The molecule has 0 unspecified atom stereocenters. The third-order valence-electron chi connectivity index (χ3n) is 6.83. The van der Waals surface area contributed by atoms with E-state index in [0.29, 0.717) is 63.5 Å². The van der Waals surface area contributed by atoms with Crippen molar-refractivity contribution in [2.24, 2.45) is 0 Å². The molecular formula is C30H30F2N10. The van der Waals surface area contributed by atoms with Crippen LogP contribution < -0.4 is 5.32 Å². The van der Waals surface area contributed by atoms with E-state index in [-0.39, 0.29) is 16.9 Å². The van der Waals surface area contributed by atoms with E-state index in [1.54, 1.807) is 31.0 Å². The molecule has 0 bridgehead atoms. The van der Waals surface area contributed by atoms with Gasteiger partial charge in [0.2, 0.25) is 0 Å². The summed E-state index contributed by atoms with van der Waals surface area (Å²) in [6, 6.07) is 6.65. The number of halogens is 2. The lowest BCUT2D eigenvalue weighted by molar-refractivity contribution is 0.402. The van der Waals surface area contributed by atoms with Crippen LogP contribution in [-0.2, 0) is 6.54 Å². The molecule has 0 spiro atoms. The van der Waals surface area contributed by atoms with Gasteiger partial charge in [-0.2, -0.15) is 5.10 Å². The number of nitrogens with zero attached hydrogens (tertiary/aromatic N) is 7. The first-order valence-corrected chi connectivity index (χ1v) is 13.4. The number of nitrogens with one attached hydrogen (secondary N) is 3. The summed E-state index contributed by atoms with van der Waals surface area (Å²) in [6.45, 7) is 2.13. The summed E-state index contributed by atoms with van der Waals surface area (Å²) in [5.74, 6) is -0.559.